The first-order valence-corrected chi connectivity index (χ1v) is 6.74. The lowest BCUT2D eigenvalue weighted by molar-refractivity contribution is -0.133. The van der Waals surface area contributed by atoms with E-state index < -0.39 is 0 Å². The number of hydrogen-bond donors (Lipinski definition) is 1. The fourth-order valence-corrected chi connectivity index (χ4v) is 3.94. The van der Waals surface area contributed by atoms with Gasteiger partial charge in [-0.15, -0.1) is 0 Å². The average molecular weight is 222 g/mol. The summed E-state index contributed by atoms with van der Waals surface area (Å²) in [5, 5.41) is 3.43. The Balaban J connectivity index is 1.62. The van der Waals surface area contributed by atoms with Gasteiger partial charge >= 0.3 is 0 Å². The summed E-state index contributed by atoms with van der Waals surface area (Å²) in [4.78, 5) is 14.2. The number of nitrogens with zero attached hydrogens (tertiary/aromatic N) is 1. The molecule has 2 atom stereocenters. The maximum absolute atomic E-state index is 11.4. The quantitative estimate of drug-likeness (QED) is 0.761. The number of carbonyl (C=O) groups excluding carboxylic acids is 1. The molecule has 0 aromatic heterocycles. The van der Waals surface area contributed by atoms with Crippen LogP contribution in [0.25, 0.3) is 0 Å². The van der Waals surface area contributed by atoms with Gasteiger partial charge in [-0.25, -0.2) is 0 Å². The molecule has 0 radical (unpaired) electrons. The van der Waals surface area contributed by atoms with E-state index in [0.717, 1.165) is 31.0 Å². The van der Waals surface area contributed by atoms with Crippen molar-refractivity contribution >= 4 is 5.78 Å². The first-order valence-electron chi connectivity index (χ1n) is 6.74. The van der Waals surface area contributed by atoms with Crippen molar-refractivity contribution in [3.05, 3.63) is 0 Å². The molecule has 0 aromatic carbocycles. The molecule has 3 heterocycles. The third kappa shape index (κ3) is 1.70. The first-order chi connectivity index (χ1) is 7.75. The number of Topliss-reactive ketones (excluding diaryl/α,β-unsaturated/α-hetero) is 1. The van der Waals surface area contributed by atoms with Gasteiger partial charge in [-0.1, -0.05) is 0 Å². The number of hydrogen-bond acceptors (Lipinski definition) is 3. The highest BCUT2D eigenvalue weighted by molar-refractivity contribution is 5.78. The first kappa shape index (κ1) is 10.7. The molecule has 0 amide bonds. The summed E-state index contributed by atoms with van der Waals surface area (Å²) >= 11 is 0. The van der Waals surface area contributed by atoms with E-state index in [1.807, 2.05) is 0 Å². The van der Waals surface area contributed by atoms with Gasteiger partial charge in [0.1, 0.15) is 5.78 Å². The Hall–Kier alpha value is -0.410. The standard InChI is InChI=1S/C13H22N2O/c1-9(16)10-6-12-8-13(7-10)15(12)11-2-4-14-5-3-11/h10-14H,2-8H2,1H3. The number of rotatable bonds is 2. The molecule has 0 spiro atoms. The van der Waals surface area contributed by atoms with Gasteiger partial charge in [-0.3, -0.25) is 9.69 Å². The molecule has 1 aliphatic carbocycles. The lowest BCUT2D eigenvalue weighted by atomic mass is 9.71. The van der Waals surface area contributed by atoms with Crippen LogP contribution in [0.4, 0.5) is 0 Å². The summed E-state index contributed by atoms with van der Waals surface area (Å²) in [6.07, 6.45) is 6.23. The van der Waals surface area contributed by atoms with Crippen molar-refractivity contribution in [2.45, 2.75) is 57.2 Å². The van der Waals surface area contributed by atoms with Gasteiger partial charge in [0, 0.05) is 24.0 Å². The Morgan fingerprint density at radius 3 is 2.25 bits per heavy atom. The maximum Gasteiger partial charge on any atom is 0.133 e. The van der Waals surface area contributed by atoms with Crippen molar-refractivity contribution in [2.24, 2.45) is 5.92 Å². The van der Waals surface area contributed by atoms with Crippen LogP contribution in [0.3, 0.4) is 0 Å². The van der Waals surface area contributed by atoms with Crippen LogP contribution in [0.2, 0.25) is 0 Å². The SMILES string of the molecule is CC(=O)C1CC2CC(C1)N2C1CCNCC1. The molecule has 1 N–H and O–H groups in total. The smallest absolute Gasteiger partial charge is 0.133 e. The van der Waals surface area contributed by atoms with Crippen LogP contribution in [0.1, 0.15) is 39.0 Å². The average Bonchev–Trinajstić information content (AvgIpc) is 2.30. The summed E-state index contributed by atoms with van der Waals surface area (Å²) in [6.45, 7) is 4.12. The Morgan fingerprint density at radius 2 is 1.69 bits per heavy atom. The summed E-state index contributed by atoms with van der Waals surface area (Å²) < 4.78 is 0. The van der Waals surface area contributed by atoms with E-state index in [0.29, 0.717) is 11.7 Å². The zero-order valence-corrected chi connectivity index (χ0v) is 10.1. The highest BCUT2D eigenvalue weighted by Crippen LogP contribution is 2.44. The maximum atomic E-state index is 11.4. The van der Waals surface area contributed by atoms with E-state index in [2.05, 4.69) is 10.2 Å². The molecule has 3 nitrogen and oxygen atoms in total. The van der Waals surface area contributed by atoms with E-state index in [1.165, 1.54) is 32.4 Å². The van der Waals surface area contributed by atoms with Gasteiger partial charge in [0.25, 0.3) is 0 Å². The predicted molar refractivity (Wildman–Crippen MR) is 63.3 cm³/mol. The fourth-order valence-electron chi connectivity index (χ4n) is 3.94. The van der Waals surface area contributed by atoms with Crippen molar-refractivity contribution in [1.82, 2.24) is 10.2 Å². The Labute approximate surface area is 97.6 Å². The zero-order valence-electron chi connectivity index (χ0n) is 10.1. The summed E-state index contributed by atoms with van der Waals surface area (Å²) in [5.74, 6) is 0.793. The summed E-state index contributed by atoms with van der Waals surface area (Å²) in [6, 6.07) is 2.27. The van der Waals surface area contributed by atoms with Gasteiger partial charge in [0.05, 0.1) is 0 Å². The normalized spacial score (nSPS) is 40.4. The second-order valence-corrected chi connectivity index (χ2v) is 5.75. The van der Waals surface area contributed by atoms with E-state index in [9.17, 15) is 4.79 Å². The molecule has 16 heavy (non-hydrogen) atoms. The van der Waals surface area contributed by atoms with Crippen LogP contribution < -0.4 is 5.32 Å². The Kier molecular flexibility index (Phi) is 2.76. The summed E-state index contributed by atoms with van der Waals surface area (Å²) in [7, 11) is 0. The van der Waals surface area contributed by atoms with Crippen molar-refractivity contribution in [1.29, 1.82) is 0 Å². The van der Waals surface area contributed by atoms with Crippen LogP contribution in [0.15, 0.2) is 0 Å². The molecular formula is C13H22N2O. The molecule has 2 bridgehead atoms. The van der Waals surface area contributed by atoms with E-state index >= 15 is 0 Å². The highest BCUT2D eigenvalue weighted by atomic mass is 16.1. The highest BCUT2D eigenvalue weighted by Gasteiger charge is 2.48. The van der Waals surface area contributed by atoms with Crippen molar-refractivity contribution in [3.63, 3.8) is 0 Å². The predicted octanol–water partition coefficient (Wildman–Crippen LogP) is 1.18. The van der Waals surface area contributed by atoms with Gasteiger partial charge < -0.3 is 5.32 Å². The molecule has 0 aromatic rings. The van der Waals surface area contributed by atoms with Gasteiger partial charge in [0.15, 0.2) is 0 Å². The largest absolute Gasteiger partial charge is 0.317 e. The molecule has 4 fully saturated rings. The van der Waals surface area contributed by atoms with Gasteiger partial charge in [-0.2, -0.15) is 0 Å². The number of fused-ring (bicyclic) bond motifs is 2. The third-order valence-corrected chi connectivity index (χ3v) is 4.81. The minimum absolute atomic E-state index is 0.377. The lowest BCUT2D eigenvalue weighted by Crippen LogP contribution is -2.65. The number of ketones is 1. The number of nitrogens with one attached hydrogen (secondary N) is 1. The second kappa shape index (κ2) is 4.11. The summed E-state index contributed by atoms with van der Waals surface area (Å²) in [5.41, 5.74) is 0. The van der Waals surface area contributed by atoms with E-state index in [1.54, 1.807) is 6.92 Å². The van der Waals surface area contributed by atoms with Crippen LogP contribution in [0, 0.1) is 5.92 Å². The minimum atomic E-state index is 0.377. The number of carbonyl (C=O) groups is 1. The zero-order chi connectivity index (χ0) is 11.1. The topological polar surface area (TPSA) is 32.3 Å². The van der Waals surface area contributed by atoms with Crippen LogP contribution in [-0.2, 0) is 4.79 Å². The minimum Gasteiger partial charge on any atom is -0.317 e. The number of piperidine rings is 2. The fraction of sp³-hybridized carbons (Fsp3) is 0.923. The molecule has 1 saturated carbocycles. The third-order valence-electron chi connectivity index (χ3n) is 4.81. The molecule has 3 aliphatic heterocycles. The molecule has 2 unspecified atom stereocenters. The molecule has 3 saturated heterocycles. The monoisotopic (exact) mass is 222 g/mol. The Morgan fingerprint density at radius 1 is 1.06 bits per heavy atom. The van der Waals surface area contributed by atoms with Gasteiger partial charge in [-0.05, 0) is 52.1 Å². The second-order valence-electron chi connectivity index (χ2n) is 5.75. The van der Waals surface area contributed by atoms with E-state index in [4.69, 9.17) is 0 Å². The van der Waals surface area contributed by atoms with E-state index in [-0.39, 0.29) is 0 Å². The molecule has 4 rings (SSSR count). The van der Waals surface area contributed by atoms with Crippen molar-refractivity contribution in [3.8, 4) is 0 Å². The van der Waals surface area contributed by atoms with Crippen LogP contribution >= 0.6 is 0 Å². The molecular weight excluding hydrogens is 200 g/mol. The molecule has 3 heteroatoms. The Bertz CT molecular complexity index is 274. The van der Waals surface area contributed by atoms with Gasteiger partial charge in [0.2, 0.25) is 0 Å². The van der Waals surface area contributed by atoms with Crippen LogP contribution in [0.5, 0.6) is 0 Å². The lowest BCUT2D eigenvalue weighted by Gasteiger charge is -2.59. The molecule has 90 valence electrons. The van der Waals surface area contributed by atoms with Crippen molar-refractivity contribution in [2.75, 3.05) is 13.1 Å². The van der Waals surface area contributed by atoms with Crippen LogP contribution in [-0.4, -0.2) is 41.9 Å². The molecule has 4 aliphatic rings. The van der Waals surface area contributed by atoms with Crippen molar-refractivity contribution < 1.29 is 4.79 Å².